The van der Waals surface area contributed by atoms with Gasteiger partial charge in [0.25, 0.3) is 0 Å². The summed E-state index contributed by atoms with van der Waals surface area (Å²) in [6.07, 6.45) is 6.31. The third-order valence-electron chi connectivity index (χ3n) is 5.77. The van der Waals surface area contributed by atoms with Crippen molar-refractivity contribution in [1.82, 2.24) is 14.5 Å². The average molecular weight is 503 g/mol. The number of anilines is 2. The normalized spacial score (nSPS) is 11.1. The zero-order chi connectivity index (χ0) is 24.9. The largest absolute Gasteiger partial charge is 0.487 e. The van der Waals surface area contributed by atoms with Crippen molar-refractivity contribution in [1.29, 1.82) is 0 Å². The molecule has 0 atom stereocenters. The molecule has 0 spiro atoms. The molecule has 36 heavy (non-hydrogen) atoms. The number of nitrogens with zero attached hydrogens (tertiary/aromatic N) is 3. The minimum Gasteiger partial charge on any atom is -0.487 e. The standard InChI is InChI=1S/C28H24ClFN4O2/c29-25-15-23(6-8-27(25)36-17-19-3-1-4-22(30)13-19)33-28-24-14-20(5-7-26(24)31-18-32-28)21-9-11-34(16-21)10-2-12-35/h1,3-9,11,13-16,18,35H,2,10,12,17H2,(H,31,32,33). The van der Waals surface area contributed by atoms with Gasteiger partial charge in [-0.25, -0.2) is 14.4 Å². The second-order valence-electron chi connectivity index (χ2n) is 8.36. The van der Waals surface area contributed by atoms with Gasteiger partial charge >= 0.3 is 0 Å². The van der Waals surface area contributed by atoms with Crippen LogP contribution in [-0.4, -0.2) is 26.2 Å². The van der Waals surface area contributed by atoms with Crippen molar-refractivity contribution >= 4 is 34.0 Å². The maximum Gasteiger partial charge on any atom is 0.141 e. The Hall–Kier alpha value is -3.94. The van der Waals surface area contributed by atoms with E-state index in [1.54, 1.807) is 24.3 Å². The van der Waals surface area contributed by atoms with Crippen molar-refractivity contribution in [3.05, 3.63) is 102 Å². The van der Waals surface area contributed by atoms with E-state index < -0.39 is 0 Å². The first-order chi connectivity index (χ1) is 17.6. The van der Waals surface area contributed by atoms with Crippen molar-refractivity contribution in [2.24, 2.45) is 0 Å². The van der Waals surface area contributed by atoms with Crippen LogP contribution >= 0.6 is 11.6 Å². The van der Waals surface area contributed by atoms with E-state index in [0.717, 1.165) is 39.8 Å². The molecule has 0 unspecified atom stereocenters. The van der Waals surface area contributed by atoms with Gasteiger partial charge in [0, 0.05) is 36.6 Å². The molecular weight excluding hydrogens is 479 g/mol. The molecule has 0 aliphatic heterocycles. The van der Waals surface area contributed by atoms with E-state index in [1.807, 2.05) is 24.4 Å². The first kappa shape index (κ1) is 23.8. The zero-order valence-electron chi connectivity index (χ0n) is 19.4. The molecule has 0 amide bonds. The lowest BCUT2D eigenvalue weighted by Crippen LogP contribution is -1.99. The summed E-state index contributed by atoms with van der Waals surface area (Å²) in [5.41, 5.74) is 4.41. The number of benzene rings is 3. The van der Waals surface area contributed by atoms with Crippen molar-refractivity contribution < 1.29 is 14.2 Å². The van der Waals surface area contributed by atoms with Gasteiger partial charge in [-0.3, -0.25) is 0 Å². The molecule has 0 radical (unpaired) electrons. The van der Waals surface area contributed by atoms with Gasteiger partial charge in [-0.05, 0) is 71.6 Å². The fourth-order valence-corrected chi connectivity index (χ4v) is 4.19. The molecule has 182 valence electrons. The van der Waals surface area contributed by atoms with Gasteiger partial charge in [0.2, 0.25) is 0 Å². The summed E-state index contributed by atoms with van der Waals surface area (Å²) in [6.45, 7) is 1.15. The highest BCUT2D eigenvalue weighted by atomic mass is 35.5. The van der Waals surface area contributed by atoms with Crippen LogP contribution in [0.2, 0.25) is 5.02 Å². The van der Waals surface area contributed by atoms with Gasteiger partial charge in [-0.2, -0.15) is 0 Å². The third kappa shape index (κ3) is 5.48. The zero-order valence-corrected chi connectivity index (χ0v) is 20.1. The highest BCUT2D eigenvalue weighted by Gasteiger charge is 2.10. The van der Waals surface area contributed by atoms with Gasteiger partial charge < -0.3 is 19.7 Å². The van der Waals surface area contributed by atoms with Crippen LogP contribution in [0.4, 0.5) is 15.9 Å². The Morgan fingerprint density at radius 3 is 2.75 bits per heavy atom. The fraction of sp³-hybridized carbons (Fsp3) is 0.143. The third-order valence-corrected chi connectivity index (χ3v) is 6.07. The van der Waals surface area contributed by atoms with E-state index >= 15 is 0 Å². The number of fused-ring (bicyclic) bond motifs is 1. The van der Waals surface area contributed by atoms with Crippen molar-refractivity contribution in [2.75, 3.05) is 11.9 Å². The summed E-state index contributed by atoms with van der Waals surface area (Å²) in [5.74, 6) is 0.860. The number of aliphatic hydroxyl groups excluding tert-OH is 1. The molecule has 2 aromatic heterocycles. The number of hydrogen-bond donors (Lipinski definition) is 2. The maximum atomic E-state index is 13.4. The Morgan fingerprint density at radius 1 is 1.00 bits per heavy atom. The Kier molecular flexibility index (Phi) is 7.11. The number of aryl methyl sites for hydroxylation is 1. The van der Waals surface area contributed by atoms with Gasteiger partial charge in [0.1, 0.15) is 30.3 Å². The molecule has 5 aromatic rings. The Bertz CT molecular complexity index is 1500. The van der Waals surface area contributed by atoms with Crippen LogP contribution in [0.5, 0.6) is 5.75 Å². The van der Waals surface area contributed by atoms with Crippen LogP contribution in [0.3, 0.4) is 0 Å². The molecule has 0 saturated carbocycles. The van der Waals surface area contributed by atoms with Gasteiger partial charge in [0.15, 0.2) is 0 Å². The SMILES string of the molecule is OCCCn1ccc(-c2ccc3ncnc(Nc4ccc(OCc5cccc(F)c5)c(Cl)c4)c3c2)c1. The molecule has 2 N–H and O–H groups in total. The van der Waals surface area contributed by atoms with Crippen molar-refractivity contribution in [2.45, 2.75) is 19.6 Å². The lowest BCUT2D eigenvalue weighted by molar-refractivity contribution is 0.280. The number of rotatable bonds is 9. The van der Waals surface area contributed by atoms with E-state index in [0.29, 0.717) is 23.0 Å². The number of aromatic nitrogens is 3. The summed E-state index contributed by atoms with van der Waals surface area (Å²) in [5, 5.41) is 13.7. The summed E-state index contributed by atoms with van der Waals surface area (Å²) < 4.78 is 21.2. The van der Waals surface area contributed by atoms with E-state index in [4.69, 9.17) is 21.4 Å². The predicted molar refractivity (Wildman–Crippen MR) is 140 cm³/mol. The van der Waals surface area contributed by atoms with Crippen LogP contribution in [0.15, 0.2) is 85.5 Å². The van der Waals surface area contributed by atoms with Gasteiger partial charge in [-0.15, -0.1) is 0 Å². The molecule has 5 rings (SSSR count). The number of ether oxygens (including phenoxy) is 1. The van der Waals surface area contributed by atoms with E-state index in [9.17, 15) is 4.39 Å². The van der Waals surface area contributed by atoms with Crippen LogP contribution in [-0.2, 0) is 13.2 Å². The number of nitrogens with one attached hydrogen (secondary N) is 1. The number of halogens is 2. The molecule has 2 heterocycles. The van der Waals surface area contributed by atoms with Gasteiger partial charge in [0.05, 0.1) is 10.5 Å². The Morgan fingerprint density at radius 2 is 1.92 bits per heavy atom. The first-order valence-electron chi connectivity index (χ1n) is 11.5. The van der Waals surface area contributed by atoms with Crippen LogP contribution < -0.4 is 10.1 Å². The summed E-state index contributed by atoms with van der Waals surface area (Å²) >= 11 is 6.47. The molecule has 0 saturated heterocycles. The van der Waals surface area contributed by atoms with Crippen molar-refractivity contribution in [3.8, 4) is 16.9 Å². The fourth-order valence-electron chi connectivity index (χ4n) is 3.96. The second-order valence-corrected chi connectivity index (χ2v) is 8.77. The van der Waals surface area contributed by atoms with Crippen LogP contribution in [0, 0.1) is 5.82 Å². The molecule has 0 bridgehead atoms. The first-order valence-corrected chi connectivity index (χ1v) is 11.9. The minimum atomic E-state index is -0.304. The monoisotopic (exact) mass is 502 g/mol. The highest BCUT2D eigenvalue weighted by Crippen LogP contribution is 2.32. The maximum absolute atomic E-state index is 13.4. The van der Waals surface area contributed by atoms with Crippen molar-refractivity contribution in [3.63, 3.8) is 0 Å². The van der Waals surface area contributed by atoms with E-state index in [-0.39, 0.29) is 19.0 Å². The molecule has 3 aromatic carbocycles. The molecule has 6 nitrogen and oxygen atoms in total. The minimum absolute atomic E-state index is 0.167. The quantitative estimate of drug-likeness (QED) is 0.238. The van der Waals surface area contributed by atoms with Gasteiger partial charge in [-0.1, -0.05) is 29.8 Å². The number of hydrogen-bond acceptors (Lipinski definition) is 5. The highest BCUT2D eigenvalue weighted by molar-refractivity contribution is 6.32. The van der Waals surface area contributed by atoms with Crippen LogP contribution in [0.25, 0.3) is 22.0 Å². The van der Waals surface area contributed by atoms with Crippen LogP contribution in [0.1, 0.15) is 12.0 Å². The lowest BCUT2D eigenvalue weighted by atomic mass is 10.1. The Balaban J connectivity index is 1.35. The summed E-state index contributed by atoms with van der Waals surface area (Å²) in [4.78, 5) is 8.85. The smallest absolute Gasteiger partial charge is 0.141 e. The predicted octanol–water partition coefficient (Wildman–Crippen LogP) is 6.60. The molecule has 0 fully saturated rings. The Labute approximate surface area is 213 Å². The average Bonchev–Trinajstić information content (AvgIpc) is 3.36. The lowest BCUT2D eigenvalue weighted by Gasteiger charge is -2.12. The van der Waals surface area contributed by atoms with E-state index in [1.165, 1.54) is 18.5 Å². The topological polar surface area (TPSA) is 72.2 Å². The number of aliphatic hydroxyl groups is 1. The summed E-state index contributed by atoms with van der Waals surface area (Å²) in [7, 11) is 0. The second kappa shape index (κ2) is 10.8. The summed E-state index contributed by atoms with van der Waals surface area (Å²) in [6, 6.07) is 19.8. The molecule has 0 aliphatic carbocycles. The molecule has 0 aliphatic rings. The van der Waals surface area contributed by atoms with E-state index in [2.05, 4.69) is 38.2 Å². The molecular formula is C28H24ClFN4O2. The molecule has 8 heteroatoms.